The van der Waals surface area contributed by atoms with E-state index in [-0.39, 0.29) is 0 Å². The molecule has 0 aromatic heterocycles. The zero-order valence-electron chi connectivity index (χ0n) is 11.4. The lowest BCUT2D eigenvalue weighted by molar-refractivity contribution is -0.0496. The number of hydrogen-bond donors (Lipinski definition) is 0. The molecule has 0 aliphatic rings. The Morgan fingerprint density at radius 1 is 0.818 bits per heavy atom. The summed E-state index contributed by atoms with van der Waals surface area (Å²) in [6.45, 7) is 0. The Morgan fingerprint density at radius 2 is 1.18 bits per heavy atom. The minimum atomic E-state index is -5.71. The lowest BCUT2D eigenvalue weighted by Gasteiger charge is -2.35. The van der Waals surface area contributed by atoms with Crippen LogP contribution in [0.25, 0.3) is 0 Å². The van der Waals surface area contributed by atoms with Gasteiger partial charge in [0.05, 0.1) is 0 Å². The first-order valence-corrected chi connectivity index (χ1v) is 9.45. The number of rotatable bonds is 4. The fourth-order valence-electron chi connectivity index (χ4n) is 1.79. The van der Waals surface area contributed by atoms with Gasteiger partial charge in [0.1, 0.15) is 0 Å². The Kier molecular flexibility index (Phi) is 4.55. The Balaban J connectivity index is 2.58. The van der Waals surface area contributed by atoms with Crippen LogP contribution in [0.2, 0.25) is 0 Å². The van der Waals surface area contributed by atoms with E-state index in [1.807, 2.05) is 0 Å². The molecule has 120 valence electrons. The van der Waals surface area contributed by atoms with Crippen LogP contribution in [0.1, 0.15) is 0 Å². The molecular formula is C14H13F3O3S2. The largest absolute Gasteiger partial charge is 0.523 e. The van der Waals surface area contributed by atoms with Crippen LogP contribution >= 0.6 is 10.3 Å². The Labute approximate surface area is 128 Å². The van der Waals surface area contributed by atoms with E-state index < -0.39 is 25.9 Å². The van der Waals surface area contributed by atoms with E-state index in [1.54, 1.807) is 60.7 Å². The summed E-state index contributed by atoms with van der Waals surface area (Å²) < 4.78 is 65.8. The highest BCUT2D eigenvalue weighted by Gasteiger charge is 2.50. The summed E-state index contributed by atoms with van der Waals surface area (Å²) in [5.74, 6) is 0. The van der Waals surface area contributed by atoms with Gasteiger partial charge >= 0.3 is 15.6 Å². The fraction of sp³-hybridized carbons (Fsp3) is 0.143. The van der Waals surface area contributed by atoms with Crippen molar-refractivity contribution >= 4 is 20.4 Å². The second kappa shape index (κ2) is 5.94. The molecule has 0 saturated heterocycles. The molecule has 0 heterocycles. The molecule has 2 rings (SSSR count). The molecule has 0 spiro atoms. The van der Waals surface area contributed by atoms with Crippen molar-refractivity contribution < 1.29 is 25.2 Å². The third-order valence-corrected chi connectivity index (χ3v) is 7.61. The molecule has 0 radical (unpaired) electrons. The normalized spacial score (nSPS) is 13.8. The number of benzene rings is 2. The van der Waals surface area contributed by atoms with Gasteiger partial charge in [-0.3, -0.25) is 0 Å². The monoisotopic (exact) mass is 350 g/mol. The van der Waals surface area contributed by atoms with Gasteiger partial charge in [-0.05, 0) is 30.5 Å². The average Bonchev–Trinajstić information content (AvgIpc) is 2.47. The van der Waals surface area contributed by atoms with Crippen molar-refractivity contribution in [1.82, 2.24) is 0 Å². The standard InChI is InChI=1S/C14H13F3O3S2/c1-21(12-8-4-2-5-9-12,13-10-6-3-7-11-13)20-22(18,19)14(15,16)17/h2-11H,1H3. The van der Waals surface area contributed by atoms with Crippen LogP contribution < -0.4 is 0 Å². The summed E-state index contributed by atoms with van der Waals surface area (Å²) in [5.41, 5.74) is -5.47. The molecule has 2 aromatic carbocycles. The number of hydrogen-bond acceptors (Lipinski definition) is 3. The predicted octanol–water partition coefficient (Wildman–Crippen LogP) is 4.32. The van der Waals surface area contributed by atoms with E-state index in [4.69, 9.17) is 3.63 Å². The van der Waals surface area contributed by atoms with E-state index in [1.165, 1.54) is 6.26 Å². The summed E-state index contributed by atoms with van der Waals surface area (Å²) in [7, 11) is -8.56. The fourth-order valence-corrected chi connectivity index (χ4v) is 5.79. The first-order valence-electron chi connectivity index (χ1n) is 6.08. The molecule has 0 saturated carbocycles. The maximum atomic E-state index is 12.7. The SMILES string of the molecule is CS(OS(=O)(=O)C(F)(F)F)(c1ccccc1)c1ccccc1. The highest BCUT2D eigenvalue weighted by atomic mass is 32.3. The van der Waals surface area contributed by atoms with Gasteiger partial charge < -0.3 is 0 Å². The van der Waals surface area contributed by atoms with Crippen LogP contribution in [-0.2, 0) is 13.7 Å². The number of alkyl halides is 3. The topological polar surface area (TPSA) is 43.4 Å². The summed E-state index contributed by atoms with van der Waals surface area (Å²) in [4.78, 5) is 0.767. The molecule has 0 N–H and O–H groups in total. The van der Waals surface area contributed by atoms with Gasteiger partial charge in [0.25, 0.3) is 0 Å². The molecule has 0 atom stereocenters. The van der Waals surface area contributed by atoms with Crippen molar-refractivity contribution in [3.8, 4) is 0 Å². The molecule has 0 aliphatic heterocycles. The van der Waals surface area contributed by atoms with Gasteiger partial charge in [-0.1, -0.05) is 46.7 Å². The molecule has 0 fully saturated rings. The Hall–Kier alpha value is -1.51. The van der Waals surface area contributed by atoms with Crippen molar-refractivity contribution in [2.75, 3.05) is 6.26 Å². The highest BCUT2D eigenvalue weighted by Crippen LogP contribution is 2.62. The van der Waals surface area contributed by atoms with Crippen molar-refractivity contribution in [2.24, 2.45) is 0 Å². The van der Waals surface area contributed by atoms with Gasteiger partial charge in [-0.2, -0.15) is 21.6 Å². The molecule has 0 aliphatic carbocycles. The molecule has 0 amide bonds. The summed E-state index contributed by atoms with van der Waals surface area (Å²) in [6.07, 6.45) is 1.38. The first kappa shape index (κ1) is 16.9. The second-order valence-electron chi connectivity index (χ2n) is 4.44. The lowest BCUT2D eigenvalue weighted by atomic mass is 10.4. The molecular weight excluding hydrogens is 337 g/mol. The molecule has 0 unspecified atom stereocenters. The third-order valence-electron chi connectivity index (χ3n) is 2.90. The molecule has 22 heavy (non-hydrogen) atoms. The van der Waals surface area contributed by atoms with E-state index in [0.717, 1.165) is 0 Å². The smallest absolute Gasteiger partial charge is 0.204 e. The zero-order valence-corrected chi connectivity index (χ0v) is 13.1. The summed E-state index contributed by atoms with van der Waals surface area (Å²) in [5, 5.41) is 0. The molecule has 2 aromatic rings. The van der Waals surface area contributed by atoms with Crippen LogP contribution in [0.4, 0.5) is 13.2 Å². The van der Waals surface area contributed by atoms with Crippen LogP contribution in [0, 0.1) is 0 Å². The van der Waals surface area contributed by atoms with E-state index in [2.05, 4.69) is 0 Å². The summed E-state index contributed by atoms with van der Waals surface area (Å²) in [6, 6.07) is 16.0. The van der Waals surface area contributed by atoms with E-state index in [0.29, 0.717) is 9.79 Å². The maximum Gasteiger partial charge on any atom is 0.523 e. The summed E-state index contributed by atoms with van der Waals surface area (Å²) >= 11 is 0. The quantitative estimate of drug-likeness (QED) is 0.771. The van der Waals surface area contributed by atoms with Gasteiger partial charge in [-0.15, -0.1) is 0 Å². The molecule has 0 bridgehead atoms. The Morgan fingerprint density at radius 3 is 1.50 bits per heavy atom. The zero-order chi connectivity index (χ0) is 16.4. The van der Waals surface area contributed by atoms with Crippen LogP contribution in [0.5, 0.6) is 0 Å². The predicted molar refractivity (Wildman–Crippen MR) is 79.0 cm³/mol. The van der Waals surface area contributed by atoms with Gasteiger partial charge in [0.15, 0.2) is 0 Å². The van der Waals surface area contributed by atoms with Crippen LogP contribution in [0.3, 0.4) is 0 Å². The maximum absolute atomic E-state index is 12.7. The van der Waals surface area contributed by atoms with Crippen molar-refractivity contribution in [2.45, 2.75) is 15.3 Å². The van der Waals surface area contributed by atoms with Crippen molar-refractivity contribution in [1.29, 1.82) is 0 Å². The Bertz CT molecular complexity index is 689. The van der Waals surface area contributed by atoms with E-state index >= 15 is 0 Å². The average molecular weight is 350 g/mol. The first-order chi connectivity index (χ1) is 10.2. The lowest BCUT2D eigenvalue weighted by Crippen LogP contribution is -2.27. The van der Waals surface area contributed by atoms with Crippen LogP contribution in [0.15, 0.2) is 70.5 Å². The van der Waals surface area contributed by atoms with E-state index in [9.17, 15) is 21.6 Å². The number of halogens is 3. The van der Waals surface area contributed by atoms with Crippen molar-refractivity contribution in [3.63, 3.8) is 0 Å². The van der Waals surface area contributed by atoms with Crippen LogP contribution in [-0.4, -0.2) is 20.2 Å². The minimum Gasteiger partial charge on any atom is -0.204 e. The third kappa shape index (κ3) is 3.29. The highest BCUT2D eigenvalue weighted by molar-refractivity contribution is 8.32. The van der Waals surface area contributed by atoms with Crippen molar-refractivity contribution in [3.05, 3.63) is 60.7 Å². The minimum absolute atomic E-state index is 0.383. The molecule has 3 nitrogen and oxygen atoms in total. The van der Waals surface area contributed by atoms with Gasteiger partial charge in [0, 0.05) is 9.79 Å². The van der Waals surface area contributed by atoms with Gasteiger partial charge in [-0.25, -0.2) is 3.63 Å². The second-order valence-corrected chi connectivity index (χ2v) is 8.98. The van der Waals surface area contributed by atoms with Gasteiger partial charge in [0.2, 0.25) is 0 Å². The molecule has 8 heteroatoms.